The molecular weight excluding hydrogens is 381 g/mol. The van der Waals surface area contributed by atoms with E-state index in [9.17, 15) is 4.79 Å². The minimum Gasteiger partial charge on any atom is -0.449 e. The van der Waals surface area contributed by atoms with Gasteiger partial charge in [0.1, 0.15) is 17.1 Å². The molecule has 1 amide bonds. The lowest BCUT2D eigenvalue weighted by atomic mass is 10.2. The first kappa shape index (κ1) is 17.1. The van der Waals surface area contributed by atoms with Gasteiger partial charge in [-0.1, -0.05) is 36.4 Å². The number of benzene rings is 3. The third-order valence-corrected chi connectivity index (χ3v) is 10.3. The number of fused-ring (bicyclic) bond motifs is 2. The molecule has 0 radical (unpaired) electrons. The Morgan fingerprint density at radius 1 is 0.897 bits per heavy atom. The number of nitrogens with zero attached hydrogens (tertiary/aromatic N) is 1. The lowest BCUT2D eigenvalue weighted by molar-refractivity contribution is 0.111. The molecule has 4 nitrogen and oxygen atoms in total. The Bertz CT molecular complexity index is 1110. The van der Waals surface area contributed by atoms with E-state index < -0.39 is 7.41 Å². The molecule has 3 aliphatic rings. The third-order valence-electron chi connectivity index (χ3n) is 6.14. The third kappa shape index (κ3) is 2.27. The van der Waals surface area contributed by atoms with E-state index in [0.717, 1.165) is 58.8 Å². The van der Waals surface area contributed by atoms with Gasteiger partial charge in [0.25, 0.3) is 0 Å². The molecule has 0 N–H and O–H groups in total. The van der Waals surface area contributed by atoms with Crippen molar-refractivity contribution in [1.82, 2.24) is 0 Å². The first-order valence-electron chi connectivity index (χ1n) is 10.2. The van der Waals surface area contributed by atoms with E-state index in [0.29, 0.717) is 0 Å². The molecular formula is C24H21NO3P+. The number of para-hydroxylation sites is 1. The normalized spacial score (nSPS) is 21.6. The predicted octanol–water partition coefficient (Wildman–Crippen LogP) is 4.90. The second-order valence-corrected chi connectivity index (χ2v) is 10.9. The van der Waals surface area contributed by atoms with Crippen molar-refractivity contribution in [3.8, 4) is 11.5 Å². The van der Waals surface area contributed by atoms with Crippen LogP contribution >= 0.6 is 7.41 Å². The first-order chi connectivity index (χ1) is 14.3. The second kappa shape index (κ2) is 6.33. The monoisotopic (exact) mass is 402 g/mol. The maximum Gasteiger partial charge on any atom is 0.448 e. The molecule has 1 atom stereocenters. The summed E-state index contributed by atoms with van der Waals surface area (Å²) in [5.41, 5.74) is 0.914. The second-order valence-electron chi connectivity index (χ2n) is 7.77. The molecule has 0 aromatic heterocycles. The summed E-state index contributed by atoms with van der Waals surface area (Å²) in [6.07, 6.45) is 3.99. The van der Waals surface area contributed by atoms with Crippen molar-refractivity contribution in [2.75, 3.05) is 4.67 Å². The summed E-state index contributed by atoms with van der Waals surface area (Å²) >= 11 is 0. The van der Waals surface area contributed by atoms with Gasteiger partial charge < -0.3 is 9.47 Å². The van der Waals surface area contributed by atoms with E-state index >= 15 is 0 Å². The fraction of sp³-hybridized carbons (Fsp3) is 0.208. The molecule has 1 unspecified atom stereocenters. The Labute approximate surface area is 170 Å². The molecule has 5 heteroatoms. The van der Waals surface area contributed by atoms with Gasteiger partial charge >= 0.3 is 6.09 Å². The van der Waals surface area contributed by atoms with Crippen LogP contribution in [0, 0.1) is 0 Å². The molecule has 2 heterocycles. The Morgan fingerprint density at radius 3 is 2.45 bits per heavy atom. The Hall–Kier alpha value is -2.84. The highest BCUT2D eigenvalue weighted by Crippen LogP contribution is 2.73. The van der Waals surface area contributed by atoms with E-state index in [1.54, 1.807) is 0 Å². The van der Waals surface area contributed by atoms with Gasteiger partial charge in [0.2, 0.25) is 7.41 Å². The number of ether oxygens (including phenoxy) is 2. The number of amides is 1. The van der Waals surface area contributed by atoms with Crippen LogP contribution in [0.5, 0.6) is 11.5 Å². The van der Waals surface area contributed by atoms with Crippen LogP contribution in [0.25, 0.3) is 0 Å². The van der Waals surface area contributed by atoms with Crippen LogP contribution < -0.4 is 25.3 Å². The van der Waals surface area contributed by atoms with Crippen LogP contribution in [0.15, 0.2) is 72.8 Å². The zero-order valence-electron chi connectivity index (χ0n) is 16.0. The highest BCUT2D eigenvalue weighted by molar-refractivity contribution is 8.00. The van der Waals surface area contributed by atoms with Crippen LogP contribution in [0.4, 0.5) is 10.5 Å². The zero-order valence-corrected chi connectivity index (χ0v) is 16.8. The van der Waals surface area contributed by atoms with E-state index in [1.807, 2.05) is 59.3 Å². The summed E-state index contributed by atoms with van der Waals surface area (Å²) in [6, 6.07) is 24.4. The molecule has 3 aromatic rings. The number of rotatable bonds is 2. The SMILES string of the molecule is O=C(OC1CCCC1)N1c2cccc3c2[P+]1(c1ccccc1)c1ccccc1O3. The molecule has 1 aliphatic carbocycles. The largest absolute Gasteiger partial charge is 0.449 e. The molecule has 144 valence electrons. The summed E-state index contributed by atoms with van der Waals surface area (Å²) in [6.45, 7) is 0. The minimum atomic E-state index is -2.32. The summed E-state index contributed by atoms with van der Waals surface area (Å²) in [5, 5.41) is 3.38. The van der Waals surface area contributed by atoms with E-state index in [4.69, 9.17) is 9.47 Å². The fourth-order valence-electron chi connectivity index (χ4n) is 4.91. The van der Waals surface area contributed by atoms with Gasteiger partial charge in [-0.3, -0.25) is 0 Å². The quantitative estimate of drug-likeness (QED) is 0.573. The Balaban J connectivity index is 1.58. The van der Waals surface area contributed by atoms with Gasteiger partial charge in [-0.25, -0.2) is 4.79 Å². The van der Waals surface area contributed by atoms with E-state index in [1.165, 1.54) is 0 Å². The van der Waals surface area contributed by atoms with Crippen molar-refractivity contribution in [2.45, 2.75) is 31.8 Å². The molecule has 0 saturated heterocycles. The maximum atomic E-state index is 13.5. The number of carbonyl (C=O) groups is 1. The van der Waals surface area contributed by atoms with Gasteiger partial charge in [0.15, 0.2) is 22.1 Å². The van der Waals surface area contributed by atoms with Gasteiger partial charge in [0, 0.05) is 0 Å². The van der Waals surface area contributed by atoms with Gasteiger partial charge in [-0.05, 0) is 62.1 Å². The van der Waals surface area contributed by atoms with Crippen LogP contribution in [-0.4, -0.2) is 12.2 Å². The summed E-state index contributed by atoms with van der Waals surface area (Å²) in [4.78, 5) is 13.5. The standard InChI is InChI=1S/C24H21NO3P/c26-24(27-17-9-4-5-10-17)25-19-13-8-15-21-23(19)29(25,18-11-2-1-3-12-18)22-16-7-6-14-20(22)28-21/h1-3,6-8,11-17H,4-5,9-10H2/q+1. The maximum absolute atomic E-state index is 13.5. The predicted molar refractivity (Wildman–Crippen MR) is 116 cm³/mol. The first-order valence-corrected chi connectivity index (χ1v) is 11.9. The highest BCUT2D eigenvalue weighted by atomic mass is 31.2. The molecule has 1 saturated carbocycles. The highest BCUT2D eigenvalue weighted by Gasteiger charge is 2.70. The Kier molecular flexibility index (Phi) is 3.72. The molecule has 3 aromatic carbocycles. The fourth-order valence-corrected chi connectivity index (χ4v) is 9.26. The smallest absolute Gasteiger partial charge is 0.448 e. The van der Waals surface area contributed by atoms with E-state index in [2.05, 4.69) is 18.2 Å². The van der Waals surface area contributed by atoms with Crippen molar-refractivity contribution in [1.29, 1.82) is 0 Å². The summed E-state index contributed by atoms with van der Waals surface area (Å²) in [5.74, 6) is 1.68. The molecule has 1 fully saturated rings. The molecule has 0 spiro atoms. The topological polar surface area (TPSA) is 38.8 Å². The number of hydrogen-bond acceptors (Lipinski definition) is 3. The molecule has 2 aliphatic heterocycles. The number of carbonyl (C=O) groups excluding carboxylic acids is 1. The lowest BCUT2D eigenvalue weighted by Gasteiger charge is -2.46. The summed E-state index contributed by atoms with van der Waals surface area (Å²) in [7, 11) is -2.32. The number of hydrogen-bond donors (Lipinski definition) is 0. The molecule has 6 rings (SSSR count). The molecule has 29 heavy (non-hydrogen) atoms. The Morgan fingerprint density at radius 2 is 1.62 bits per heavy atom. The van der Waals surface area contributed by atoms with Gasteiger partial charge in [0.05, 0.1) is 0 Å². The van der Waals surface area contributed by atoms with Crippen molar-refractivity contribution >= 4 is 35.1 Å². The minimum absolute atomic E-state index is 0.0295. The van der Waals surface area contributed by atoms with Gasteiger partial charge in [-0.15, -0.1) is 4.67 Å². The van der Waals surface area contributed by atoms with Crippen molar-refractivity contribution < 1.29 is 14.3 Å². The van der Waals surface area contributed by atoms with Crippen molar-refractivity contribution in [3.63, 3.8) is 0 Å². The van der Waals surface area contributed by atoms with Crippen molar-refractivity contribution in [3.05, 3.63) is 72.8 Å². The number of anilines is 1. The molecule has 0 bridgehead atoms. The van der Waals surface area contributed by atoms with Crippen molar-refractivity contribution in [2.24, 2.45) is 0 Å². The van der Waals surface area contributed by atoms with Gasteiger partial charge in [-0.2, -0.15) is 0 Å². The van der Waals surface area contributed by atoms with Crippen LogP contribution in [0.2, 0.25) is 0 Å². The van der Waals surface area contributed by atoms with Crippen LogP contribution in [0.1, 0.15) is 25.7 Å². The average Bonchev–Trinajstić information content (AvgIpc) is 3.25. The van der Waals surface area contributed by atoms with E-state index in [-0.39, 0.29) is 12.2 Å². The van der Waals surface area contributed by atoms with Crippen LogP contribution in [0.3, 0.4) is 0 Å². The summed E-state index contributed by atoms with van der Waals surface area (Å²) < 4.78 is 14.2. The lowest BCUT2D eigenvalue weighted by Crippen LogP contribution is -2.57. The zero-order chi connectivity index (χ0) is 19.4. The van der Waals surface area contributed by atoms with Crippen LogP contribution in [-0.2, 0) is 4.74 Å². The average molecular weight is 402 g/mol.